The highest BCUT2D eigenvalue weighted by molar-refractivity contribution is 7.13. The summed E-state index contributed by atoms with van der Waals surface area (Å²) in [4.78, 5) is 11.7. The minimum atomic E-state index is -0.272. The predicted molar refractivity (Wildman–Crippen MR) is 106 cm³/mol. The van der Waals surface area contributed by atoms with Crippen LogP contribution in [0.3, 0.4) is 0 Å². The number of aromatic nitrogens is 1. The van der Waals surface area contributed by atoms with Gasteiger partial charge in [0.25, 0.3) is 0 Å². The number of hydrogen-bond donors (Lipinski definition) is 0. The third kappa shape index (κ3) is 2.31. The summed E-state index contributed by atoms with van der Waals surface area (Å²) in [6.45, 7) is 2.01. The maximum atomic E-state index is 15.7. The summed E-state index contributed by atoms with van der Waals surface area (Å²) in [5, 5.41) is 2.85. The average molecular weight is 361 g/mol. The summed E-state index contributed by atoms with van der Waals surface area (Å²) in [6, 6.07) is 9.78. The third-order valence-corrected chi connectivity index (χ3v) is 5.90. The topological polar surface area (TPSA) is 28.5 Å². The van der Waals surface area contributed by atoms with Gasteiger partial charge in [0.2, 0.25) is 0 Å². The standard InChI is InChI=1S/C21H16FN3S/c1-13-10-18(26-12-13)20-19(22)21(15-4-2-3-5-16(15)24-20)25-9-7-14-11-23-8-6-17(14)25/h2-12,14,17H,1H3. The van der Waals surface area contributed by atoms with Crippen molar-refractivity contribution in [3.63, 3.8) is 0 Å². The normalized spacial score (nSPS) is 20.9. The van der Waals surface area contributed by atoms with Gasteiger partial charge in [-0.05, 0) is 36.1 Å². The minimum absolute atomic E-state index is 0.0470. The van der Waals surface area contributed by atoms with Crippen LogP contribution in [-0.4, -0.2) is 17.2 Å². The molecule has 2 atom stereocenters. The number of para-hydroxylation sites is 1. The molecule has 5 heteroatoms. The van der Waals surface area contributed by atoms with Crippen LogP contribution in [0.4, 0.5) is 10.1 Å². The van der Waals surface area contributed by atoms with E-state index in [1.165, 1.54) is 11.3 Å². The fourth-order valence-corrected chi connectivity index (χ4v) is 4.48. The third-order valence-electron chi connectivity index (χ3n) is 4.84. The highest BCUT2D eigenvalue weighted by atomic mass is 32.1. The maximum absolute atomic E-state index is 15.7. The van der Waals surface area contributed by atoms with Crippen molar-refractivity contribution in [1.82, 2.24) is 4.98 Å². The van der Waals surface area contributed by atoms with Crippen LogP contribution < -0.4 is 4.90 Å². The SMILES string of the molecule is Cc1csc(-c2nc3ccccc3c(N3C=CC4C=NC=CC43)c2F)c1. The molecule has 0 fully saturated rings. The van der Waals surface area contributed by atoms with Crippen LogP contribution in [0.25, 0.3) is 21.5 Å². The molecule has 3 nitrogen and oxygen atoms in total. The van der Waals surface area contributed by atoms with Crippen molar-refractivity contribution in [2.45, 2.75) is 13.0 Å². The molecule has 0 saturated carbocycles. The molecule has 2 unspecified atom stereocenters. The second-order valence-electron chi connectivity index (χ2n) is 6.58. The van der Waals surface area contributed by atoms with Gasteiger partial charge in [0.15, 0.2) is 5.82 Å². The van der Waals surface area contributed by atoms with Crippen LogP contribution in [-0.2, 0) is 0 Å². The zero-order chi connectivity index (χ0) is 17.7. The summed E-state index contributed by atoms with van der Waals surface area (Å²) in [7, 11) is 0. The number of pyridine rings is 1. The number of halogens is 1. The quantitative estimate of drug-likeness (QED) is 0.617. The first-order valence-electron chi connectivity index (χ1n) is 8.53. The first-order chi connectivity index (χ1) is 12.7. The first-order valence-corrected chi connectivity index (χ1v) is 9.41. The maximum Gasteiger partial charge on any atom is 0.174 e. The summed E-state index contributed by atoms with van der Waals surface area (Å²) in [5.74, 6) is -0.106. The molecule has 0 aliphatic carbocycles. The second-order valence-corrected chi connectivity index (χ2v) is 7.50. The number of fused-ring (bicyclic) bond motifs is 2. The molecule has 4 heterocycles. The molecule has 0 radical (unpaired) electrons. The fourth-order valence-electron chi connectivity index (χ4n) is 3.60. The Morgan fingerprint density at radius 3 is 2.92 bits per heavy atom. The number of benzene rings is 1. The Bertz CT molecular complexity index is 1100. The van der Waals surface area contributed by atoms with Crippen molar-refractivity contribution in [2.75, 3.05) is 4.90 Å². The average Bonchev–Trinajstić information content (AvgIpc) is 3.28. The Hall–Kier alpha value is -2.79. The predicted octanol–water partition coefficient (Wildman–Crippen LogP) is 5.33. The highest BCUT2D eigenvalue weighted by Gasteiger charge is 2.32. The summed E-state index contributed by atoms with van der Waals surface area (Å²) in [5.41, 5.74) is 2.92. The lowest BCUT2D eigenvalue weighted by atomic mass is 10.0. The molecule has 0 spiro atoms. The monoisotopic (exact) mass is 361 g/mol. The van der Waals surface area contributed by atoms with E-state index in [1.54, 1.807) is 6.20 Å². The number of thiophene rings is 1. The Morgan fingerprint density at radius 1 is 1.19 bits per heavy atom. The van der Waals surface area contributed by atoms with Gasteiger partial charge < -0.3 is 4.90 Å². The molecule has 3 aromatic rings. The Kier molecular flexibility index (Phi) is 3.50. The molecular weight excluding hydrogens is 345 g/mol. The van der Waals surface area contributed by atoms with E-state index >= 15 is 4.39 Å². The molecule has 1 aromatic carbocycles. The lowest BCUT2D eigenvalue weighted by Crippen LogP contribution is -2.32. The van der Waals surface area contributed by atoms with Crippen LogP contribution in [0, 0.1) is 18.7 Å². The lowest BCUT2D eigenvalue weighted by Gasteiger charge is -2.29. The summed E-state index contributed by atoms with van der Waals surface area (Å²) < 4.78 is 15.7. The summed E-state index contributed by atoms with van der Waals surface area (Å²) in [6.07, 6.45) is 9.75. The van der Waals surface area contributed by atoms with Crippen LogP contribution in [0.15, 0.2) is 65.3 Å². The smallest absolute Gasteiger partial charge is 0.174 e. The van der Waals surface area contributed by atoms with E-state index < -0.39 is 0 Å². The second kappa shape index (κ2) is 5.88. The van der Waals surface area contributed by atoms with Gasteiger partial charge in [-0.15, -0.1) is 11.3 Å². The Balaban J connectivity index is 1.76. The van der Waals surface area contributed by atoms with Gasteiger partial charge in [0.05, 0.1) is 22.1 Å². The Labute approximate surface area is 154 Å². The number of aliphatic imine (C=N–C) groups is 1. The highest BCUT2D eigenvalue weighted by Crippen LogP contribution is 2.40. The van der Waals surface area contributed by atoms with Crippen molar-refractivity contribution in [2.24, 2.45) is 10.9 Å². The van der Waals surface area contributed by atoms with E-state index in [-0.39, 0.29) is 17.8 Å². The lowest BCUT2D eigenvalue weighted by molar-refractivity contribution is 0.618. The molecule has 0 bridgehead atoms. The number of aryl methyl sites for hydroxylation is 1. The molecule has 0 amide bonds. The number of hydrogen-bond acceptors (Lipinski definition) is 4. The van der Waals surface area contributed by atoms with E-state index in [0.717, 1.165) is 21.3 Å². The van der Waals surface area contributed by atoms with Crippen LogP contribution in [0.2, 0.25) is 0 Å². The van der Waals surface area contributed by atoms with Crippen molar-refractivity contribution >= 4 is 34.1 Å². The largest absolute Gasteiger partial charge is 0.337 e. The zero-order valence-electron chi connectivity index (χ0n) is 14.1. The number of anilines is 1. The van der Waals surface area contributed by atoms with Gasteiger partial charge >= 0.3 is 0 Å². The molecule has 0 N–H and O–H groups in total. The molecule has 0 saturated heterocycles. The van der Waals surface area contributed by atoms with Gasteiger partial charge in [-0.1, -0.05) is 24.3 Å². The zero-order valence-corrected chi connectivity index (χ0v) is 14.9. The van der Waals surface area contributed by atoms with E-state index in [4.69, 9.17) is 0 Å². The van der Waals surface area contributed by atoms with Crippen LogP contribution >= 0.6 is 11.3 Å². The minimum Gasteiger partial charge on any atom is -0.337 e. The first kappa shape index (κ1) is 15.5. The van der Waals surface area contributed by atoms with E-state index in [0.29, 0.717) is 11.4 Å². The number of nitrogens with zero attached hydrogens (tertiary/aromatic N) is 3. The van der Waals surface area contributed by atoms with Gasteiger partial charge in [-0.3, -0.25) is 4.99 Å². The van der Waals surface area contributed by atoms with E-state index in [1.807, 2.05) is 66.0 Å². The molecule has 128 valence electrons. The van der Waals surface area contributed by atoms with Crippen molar-refractivity contribution in [3.05, 3.63) is 71.6 Å². The van der Waals surface area contributed by atoms with Crippen molar-refractivity contribution in [1.29, 1.82) is 0 Å². The molecule has 2 aliphatic rings. The molecule has 2 aromatic heterocycles. The van der Waals surface area contributed by atoms with Gasteiger partial charge in [-0.2, -0.15) is 0 Å². The van der Waals surface area contributed by atoms with Gasteiger partial charge in [0.1, 0.15) is 5.69 Å². The van der Waals surface area contributed by atoms with Crippen LogP contribution in [0.5, 0.6) is 0 Å². The fraction of sp³-hybridized carbons (Fsp3) is 0.143. The van der Waals surface area contributed by atoms with Gasteiger partial charge in [0, 0.05) is 29.9 Å². The molecule has 5 rings (SSSR count). The molecule has 26 heavy (non-hydrogen) atoms. The van der Waals surface area contributed by atoms with E-state index in [2.05, 4.69) is 16.1 Å². The van der Waals surface area contributed by atoms with Crippen LogP contribution in [0.1, 0.15) is 5.56 Å². The van der Waals surface area contributed by atoms with E-state index in [9.17, 15) is 0 Å². The van der Waals surface area contributed by atoms with Gasteiger partial charge in [-0.25, -0.2) is 9.37 Å². The Morgan fingerprint density at radius 2 is 2.08 bits per heavy atom. The molecule has 2 aliphatic heterocycles. The van der Waals surface area contributed by atoms with Crippen molar-refractivity contribution < 1.29 is 4.39 Å². The summed E-state index contributed by atoms with van der Waals surface area (Å²) >= 11 is 1.53. The molecular formula is C21H16FN3S. The number of rotatable bonds is 2. The van der Waals surface area contributed by atoms with Crippen molar-refractivity contribution in [3.8, 4) is 10.6 Å².